The number of rotatable bonds is 46. The summed E-state index contributed by atoms with van der Waals surface area (Å²) in [6.07, 6.45) is -8.97. The lowest BCUT2D eigenvalue weighted by molar-refractivity contribution is -0.179. The molecule has 0 aliphatic rings. The van der Waals surface area contributed by atoms with E-state index in [0.29, 0.717) is 5.56 Å². The lowest BCUT2D eigenvalue weighted by Gasteiger charge is -2.46. The zero-order valence-corrected chi connectivity index (χ0v) is 57.7. The molecule has 0 saturated carbocycles. The number of ketones is 4. The number of aliphatic hydroxyl groups excluding tert-OH is 2. The molecule has 0 spiro atoms. The average molecular weight is 1310 g/mol. The van der Waals surface area contributed by atoms with Crippen LogP contribution in [0.4, 0.5) is 0 Å². The second-order valence-corrected chi connectivity index (χ2v) is 27.1. The molecular weight excluding hydrogens is 1200 g/mol. The van der Waals surface area contributed by atoms with Crippen LogP contribution in [0.3, 0.4) is 0 Å². The molecule has 2 N–H and O–H groups in total. The molecule has 1 rings (SSSR count). The number of benzene rings is 1. The normalized spacial score (nSPS) is 17.2. The van der Waals surface area contributed by atoms with E-state index in [0.717, 1.165) is 14.0 Å². The van der Waals surface area contributed by atoms with Crippen molar-refractivity contribution in [3.63, 3.8) is 0 Å². The van der Waals surface area contributed by atoms with Crippen LogP contribution in [-0.4, -0.2) is 171 Å². The first-order valence-electron chi connectivity index (χ1n) is 31.4. The maximum absolute atomic E-state index is 15.5. The molecule has 0 amide bonds. The maximum atomic E-state index is 15.5. The van der Waals surface area contributed by atoms with Gasteiger partial charge in [-0.1, -0.05) is 37.3 Å². The summed E-state index contributed by atoms with van der Waals surface area (Å²) in [5.41, 5.74) is -9.58. The predicted octanol–water partition coefficient (Wildman–Crippen LogP) is 8.12. The van der Waals surface area contributed by atoms with Gasteiger partial charge in [0.25, 0.3) is 0 Å². The Balaban J connectivity index is 4.32. The van der Waals surface area contributed by atoms with Crippen LogP contribution in [0.2, 0.25) is 0 Å². The van der Waals surface area contributed by atoms with Crippen LogP contribution in [-0.2, 0) is 110 Å². The largest absolute Gasteiger partial charge is 0.469 e. The minimum absolute atomic E-state index is 0.0215. The fourth-order valence-electron chi connectivity index (χ4n) is 12.1. The molecule has 0 fully saturated rings. The van der Waals surface area contributed by atoms with Gasteiger partial charge in [-0.2, -0.15) is 0 Å². The predicted molar refractivity (Wildman–Crippen MR) is 334 cm³/mol. The molecule has 522 valence electrons. The van der Waals surface area contributed by atoms with Crippen molar-refractivity contribution in [3.8, 4) is 0 Å². The summed E-state index contributed by atoms with van der Waals surface area (Å²) >= 11 is 0. The summed E-state index contributed by atoms with van der Waals surface area (Å²) in [4.78, 5) is 160. The van der Waals surface area contributed by atoms with Crippen LogP contribution < -0.4 is 0 Å². The molecular formula is C68H106O24. The van der Waals surface area contributed by atoms with E-state index < -0.39 is 163 Å². The average Bonchev–Trinajstić information content (AvgIpc) is 0.797. The van der Waals surface area contributed by atoms with E-state index in [1.165, 1.54) is 55.6 Å². The molecule has 1 aromatic rings. The Morgan fingerprint density at radius 2 is 0.935 bits per heavy atom. The Hall–Kier alpha value is -6.50. The Morgan fingerprint density at radius 3 is 1.46 bits per heavy atom. The van der Waals surface area contributed by atoms with Crippen molar-refractivity contribution in [3.05, 3.63) is 35.9 Å². The number of hydrogen-bond donors (Lipinski definition) is 2. The van der Waals surface area contributed by atoms with Crippen molar-refractivity contribution >= 4 is 70.9 Å². The van der Waals surface area contributed by atoms with E-state index in [-0.39, 0.29) is 106 Å². The highest BCUT2D eigenvalue weighted by molar-refractivity contribution is 5.86. The summed E-state index contributed by atoms with van der Waals surface area (Å²) in [5, 5.41) is 21.2. The SMILES string of the molecule is COC(=O)C(C)(CC(C)(CC(C)(CC(C)OC(C)=O)C(=O)OCC(O)COC(=O)CCC(C)=O)C(=O)OCC(CO)OC(=O)CCC(C)=O)CC(C)(CC(C)(CC(C)(C)C(=O)OC(C)CC(C)OCC(=O)CCC(C)=O)c1ccccc1)C(=O)OC(C)CC(C)OC. The van der Waals surface area contributed by atoms with Gasteiger partial charge in [0.15, 0.2) is 11.9 Å². The first-order valence-corrected chi connectivity index (χ1v) is 31.4. The van der Waals surface area contributed by atoms with Gasteiger partial charge in [0.2, 0.25) is 0 Å². The quantitative estimate of drug-likeness (QED) is 0.0459. The molecule has 24 nitrogen and oxygen atoms in total. The highest BCUT2D eigenvalue weighted by Gasteiger charge is 2.57. The van der Waals surface area contributed by atoms with Gasteiger partial charge in [-0.15, -0.1) is 0 Å². The molecule has 92 heavy (non-hydrogen) atoms. The molecule has 0 aliphatic heterocycles. The van der Waals surface area contributed by atoms with Gasteiger partial charge in [0, 0.05) is 52.6 Å². The standard InChI is InChI=1S/C68H106O24/c1-43(70)24-27-53(74)34-85-47(5)31-49(7)90-58(78)63(10,11)38-65(13,52-22-20-19-21-23-52)40-68(16,62(82)91-48(6)30-46(4)83-17)42-66(14,59(79)84-18)41-67(15,61(81)88-37-55(33-69)92-57(77)29-26-45(3)72)39-64(12,32-50(8)89-51(9)73)60(80)87-36-54(75)35-86-56(76)28-25-44(2)71/h19-23,46-50,54-55,69,75H,24-42H2,1-18H3. The first kappa shape index (κ1) is 83.5. The molecule has 0 saturated heterocycles. The second kappa shape index (κ2) is 38.6. The van der Waals surface area contributed by atoms with E-state index in [1.807, 2.05) is 19.1 Å². The van der Waals surface area contributed by atoms with Gasteiger partial charge >= 0.3 is 47.8 Å². The maximum Gasteiger partial charge on any atom is 0.312 e. The minimum Gasteiger partial charge on any atom is -0.469 e. The van der Waals surface area contributed by atoms with Crippen LogP contribution in [0.25, 0.3) is 0 Å². The van der Waals surface area contributed by atoms with Crippen LogP contribution in [0.1, 0.15) is 206 Å². The van der Waals surface area contributed by atoms with Crippen LogP contribution in [0, 0.1) is 27.1 Å². The fourth-order valence-corrected chi connectivity index (χ4v) is 12.1. The number of carbonyl (C=O) groups excluding carboxylic acids is 12. The van der Waals surface area contributed by atoms with Gasteiger partial charge < -0.3 is 72.0 Å². The van der Waals surface area contributed by atoms with E-state index >= 15 is 14.4 Å². The fraction of sp³-hybridized carbons (Fsp3) is 0.735. The zero-order chi connectivity index (χ0) is 70.6. The third-order valence-electron chi connectivity index (χ3n) is 16.0. The van der Waals surface area contributed by atoms with E-state index in [2.05, 4.69) is 0 Å². The lowest BCUT2D eigenvalue weighted by Crippen LogP contribution is -2.50. The van der Waals surface area contributed by atoms with Crippen molar-refractivity contribution in [2.45, 2.75) is 249 Å². The van der Waals surface area contributed by atoms with Gasteiger partial charge in [-0.25, -0.2) is 0 Å². The molecule has 0 bridgehead atoms. The number of aliphatic hydroxyl groups is 2. The van der Waals surface area contributed by atoms with Crippen LogP contribution >= 0.6 is 0 Å². The molecule has 1 aromatic carbocycles. The van der Waals surface area contributed by atoms with E-state index in [9.17, 15) is 53.4 Å². The summed E-state index contributed by atoms with van der Waals surface area (Å²) in [7, 11) is 2.61. The van der Waals surface area contributed by atoms with Gasteiger partial charge in [-0.3, -0.25) is 43.2 Å². The van der Waals surface area contributed by atoms with E-state index in [1.54, 1.807) is 66.7 Å². The highest BCUT2D eigenvalue weighted by atomic mass is 16.6. The number of hydrogen-bond acceptors (Lipinski definition) is 24. The Kier molecular flexibility index (Phi) is 35.1. The highest BCUT2D eigenvalue weighted by Crippen LogP contribution is 2.54. The number of methoxy groups -OCH3 is 2. The Morgan fingerprint density at radius 1 is 0.467 bits per heavy atom. The van der Waals surface area contributed by atoms with Crippen LogP contribution in [0.15, 0.2) is 30.3 Å². The van der Waals surface area contributed by atoms with Crippen molar-refractivity contribution in [1.82, 2.24) is 0 Å². The third-order valence-corrected chi connectivity index (χ3v) is 16.0. The summed E-state index contributed by atoms with van der Waals surface area (Å²) in [6.45, 7) is 21.3. The third kappa shape index (κ3) is 30.1. The topological polar surface area (TPSA) is 338 Å². The lowest BCUT2D eigenvalue weighted by atomic mass is 9.57. The minimum atomic E-state index is -2.10. The smallest absolute Gasteiger partial charge is 0.312 e. The molecule has 0 aromatic heterocycles. The number of Topliss-reactive ketones (excluding diaryl/α,β-unsaturated/α-hetero) is 4. The molecule has 0 aliphatic carbocycles. The van der Waals surface area contributed by atoms with Gasteiger partial charge in [0.05, 0.1) is 65.8 Å². The zero-order valence-electron chi connectivity index (χ0n) is 57.7. The number of esters is 8. The summed E-state index contributed by atoms with van der Waals surface area (Å²) in [5.74, 6) is -7.90. The molecule has 0 heterocycles. The first-order chi connectivity index (χ1) is 42.5. The number of carbonyl (C=O) groups is 12. The summed E-state index contributed by atoms with van der Waals surface area (Å²) < 4.78 is 56.7. The van der Waals surface area contributed by atoms with Crippen molar-refractivity contribution in [2.24, 2.45) is 27.1 Å². The van der Waals surface area contributed by atoms with Gasteiger partial charge in [0.1, 0.15) is 68.2 Å². The summed E-state index contributed by atoms with van der Waals surface area (Å²) in [6, 6.07) is 9.05. The monoisotopic (exact) mass is 1310 g/mol. The second-order valence-electron chi connectivity index (χ2n) is 27.1. The molecule has 0 radical (unpaired) electrons. The molecule has 12 unspecified atom stereocenters. The van der Waals surface area contributed by atoms with Crippen LogP contribution in [0.5, 0.6) is 0 Å². The van der Waals surface area contributed by atoms with Crippen molar-refractivity contribution in [2.75, 3.05) is 47.3 Å². The Labute approximate surface area is 543 Å². The van der Waals surface area contributed by atoms with Gasteiger partial charge in [-0.05, 0) is 146 Å². The van der Waals surface area contributed by atoms with Crippen molar-refractivity contribution in [1.29, 1.82) is 0 Å². The number of ether oxygens (including phenoxy) is 10. The van der Waals surface area contributed by atoms with E-state index in [4.69, 9.17) is 47.4 Å². The van der Waals surface area contributed by atoms with Crippen molar-refractivity contribution < 1.29 is 115 Å². The molecule has 12 atom stereocenters. The Bertz CT molecular complexity index is 2630. The molecule has 24 heteroatoms.